The normalized spacial score (nSPS) is 11.1. The molecule has 0 amide bonds. The average Bonchev–Trinajstić information content (AvgIpc) is 2.45. The number of hydrogen-bond donors (Lipinski definition) is 0. The average molecular weight is 238 g/mol. The van der Waals surface area contributed by atoms with Gasteiger partial charge < -0.3 is 0 Å². The van der Waals surface area contributed by atoms with Crippen LogP contribution in [0.1, 0.15) is 11.4 Å². The summed E-state index contributed by atoms with van der Waals surface area (Å²) in [5.41, 5.74) is 1.28. The van der Waals surface area contributed by atoms with Crippen molar-refractivity contribution in [3.05, 3.63) is 60.7 Å². The number of aromatic nitrogens is 4. The van der Waals surface area contributed by atoms with Gasteiger partial charge >= 0.3 is 0 Å². The molecular formula is C13H10N4O. The van der Waals surface area contributed by atoms with Crippen LogP contribution in [-0.4, -0.2) is 25.7 Å². The van der Waals surface area contributed by atoms with E-state index in [2.05, 4.69) is 19.9 Å². The third-order valence-electron chi connectivity index (χ3n) is 2.00. The smallest absolute Gasteiger partial charge is 0.178 e. The van der Waals surface area contributed by atoms with Crippen molar-refractivity contribution >= 4 is 17.9 Å². The molecule has 2 heterocycles. The highest BCUT2D eigenvalue weighted by Crippen LogP contribution is 1.97. The van der Waals surface area contributed by atoms with Crippen molar-refractivity contribution in [2.45, 2.75) is 0 Å². The van der Waals surface area contributed by atoms with Gasteiger partial charge in [0.25, 0.3) is 0 Å². The molecule has 0 aliphatic heterocycles. The third kappa shape index (κ3) is 3.71. The van der Waals surface area contributed by atoms with Crippen LogP contribution in [0.15, 0.2) is 49.3 Å². The Kier molecular flexibility index (Phi) is 4.02. The molecule has 0 N–H and O–H groups in total. The summed E-state index contributed by atoms with van der Waals surface area (Å²) in [6.45, 7) is 0. The summed E-state index contributed by atoms with van der Waals surface area (Å²) >= 11 is 0. The summed E-state index contributed by atoms with van der Waals surface area (Å²) < 4.78 is 0. The fourth-order valence-corrected chi connectivity index (χ4v) is 1.18. The standard InChI is InChI=1S/C13H10N4O/c18-13(3-1-11-9-14-5-7-16-11)4-2-12-10-15-6-8-17-12/h1-10H. The van der Waals surface area contributed by atoms with Crippen LogP contribution in [-0.2, 0) is 4.79 Å². The Balaban J connectivity index is 1.97. The van der Waals surface area contributed by atoms with Crippen molar-refractivity contribution in [2.75, 3.05) is 0 Å². The van der Waals surface area contributed by atoms with Crippen LogP contribution in [0.3, 0.4) is 0 Å². The van der Waals surface area contributed by atoms with Crippen LogP contribution in [0.2, 0.25) is 0 Å². The minimum atomic E-state index is -0.147. The molecule has 0 bridgehead atoms. The largest absolute Gasteiger partial charge is 0.290 e. The number of ketones is 1. The fourth-order valence-electron chi connectivity index (χ4n) is 1.18. The monoisotopic (exact) mass is 238 g/mol. The van der Waals surface area contributed by atoms with Crippen LogP contribution in [0.4, 0.5) is 0 Å². The maximum absolute atomic E-state index is 11.5. The van der Waals surface area contributed by atoms with Crippen LogP contribution in [0.5, 0.6) is 0 Å². The molecule has 0 spiro atoms. The van der Waals surface area contributed by atoms with Crippen molar-refractivity contribution in [3.8, 4) is 0 Å². The maximum atomic E-state index is 11.5. The van der Waals surface area contributed by atoms with Gasteiger partial charge in [-0.3, -0.25) is 24.7 Å². The van der Waals surface area contributed by atoms with E-state index in [0.717, 1.165) is 0 Å². The second kappa shape index (κ2) is 6.15. The molecule has 0 aromatic carbocycles. The van der Waals surface area contributed by atoms with Crippen molar-refractivity contribution < 1.29 is 4.79 Å². The Morgan fingerprint density at radius 1 is 0.833 bits per heavy atom. The Morgan fingerprint density at radius 3 is 1.72 bits per heavy atom. The molecular weight excluding hydrogens is 228 g/mol. The highest BCUT2D eigenvalue weighted by Gasteiger charge is 1.92. The summed E-state index contributed by atoms with van der Waals surface area (Å²) in [6, 6.07) is 0. The summed E-state index contributed by atoms with van der Waals surface area (Å²) in [5, 5.41) is 0. The van der Waals surface area contributed by atoms with E-state index in [-0.39, 0.29) is 5.78 Å². The molecule has 0 saturated carbocycles. The number of hydrogen-bond acceptors (Lipinski definition) is 5. The number of nitrogens with zero attached hydrogens (tertiary/aromatic N) is 4. The molecule has 5 nitrogen and oxygen atoms in total. The lowest BCUT2D eigenvalue weighted by atomic mass is 10.2. The molecule has 0 saturated heterocycles. The molecule has 0 atom stereocenters. The zero-order chi connectivity index (χ0) is 12.6. The van der Waals surface area contributed by atoms with Crippen LogP contribution >= 0.6 is 0 Å². The number of rotatable bonds is 4. The molecule has 0 aliphatic carbocycles. The van der Waals surface area contributed by atoms with Gasteiger partial charge in [0.1, 0.15) is 0 Å². The van der Waals surface area contributed by atoms with Gasteiger partial charge in [0.15, 0.2) is 5.78 Å². The molecule has 0 radical (unpaired) electrons. The lowest BCUT2D eigenvalue weighted by Gasteiger charge is -1.89. The first kappa shape index (κ1) is 11.8. The van der Waals surface area contributed by atoms with Crippen LogP contribution < -0.4 is 0 Å². The zero-order valence-corrected chi connectivity index (χ0v) is 9.47. The van der Waals surface area contributed by atoms with Crippen molar-refractivity contribution in [1.82, 2.24) is 19.9 Å². The molecule has 0 unspecified atom stereocenters. The van der Waals surface area contributed by atoms with E-state index in [1.54, 1.807) is 49.3 Å². The molecule has 88 valence electrons. The van der Waals surface area contributed by atoms with Crippen molar-refractivity contribution in [3.63, 3.8) is 0 Å². The summed E-state index contributed by atoms with van der Waals surface area (Å²) in [5.74, 6) is -0.147. The summed E-state index contributed by atoms with van der Waals surface area (Å²) in [4.78, 5) is 27.4. The van der Waals surface area contributed by atoms with E-state index in [1.807, 2.05) is 0 Å². The van der Waals surface area contributed by atoms with Gasteiger partial charge in [0.05, 0.1) is 23.8 Å². The molecule has 2 aromatic heterocycles. The highest BCUT2D eigenvalue weighted by molar-refractivity contribution is 6.04. The van der Waals surface area contributed by atoms with E-state index in [4.69, 9.17) is 0 Å². The lowest BCUT2D eigenvalue weighted by molar-refractivity contribution is -0.110. The Bertz CT molecular complexity index is 513. The van der Waals surface area contributed by atoms with E-state index in [1.165, 1.54) is 12.2 Å². The Labute approximate surface area is 104 Å². The molecule has 0 fully saturated rings. The Morgan fingerprint density at radius 2 is 1.33 bits per heavy atom. The van der Waals surface area contributed by atoms with Crippen LogP contribution in [0.25, 0.3) is 12.2 Å². The summed E-state index contributed by atoms with van der Waals surface area (Å²) in [7, 11) is 0. The van der Waals surface area contributed by atoms with Gasteiger partial charge in [-0.05, 0) is 24.3 Å². The lowest BCUT2D eigenvalue weighted by Crippen LogP contribution is -1.87. The first-order valence-electron chi connectivity index (χ1n) is 5.27. The minimum Gasteiger partial charge on any atom is -0.290 e. The van der Waals surface area contributed by atoms with Crippen LogP contribution in [0, 0.1) is 0 Å². The molecule has 18 heavy (non-hydrogen) atoms. The van der Waals surface area contributed by atoms with Gasteiger partial charge in [-0.15, -0.1) is 0 Å². The fraction of sp³-hybridized carbons (Fsp3) is 0. The van der Waals surface area contributed by atoms with Crippen molar-refractivity contribution in [2.24, 2.45) is 0 Å². The van der Waals surface area contributed by atoms with E-state index < -0.39 is 0 Å². The van der Waals surface area contributed by atoms with E-state index in [9.17, 15) is 4.79 Å². The predicted octanol–water partition coefficient (Wildman–Crippen LogP) is 1.56. The third-order valence-corrected chi connectivity index (χ3v) is 2.00. The predicted molar refractivity (Wildman–Crippen MR) is 67.1 cm³/mol. The number of carbonyl (C=O) groups excluding carboxylic acids is 1. The molecule has 0 aliphatic rings. The SMILES string of the molecule is O=C(C=Cc1cnccn1)C=Cc1cnccn1. The van der Waals surface area contributed by atoms with Gasteiger partial charge in [0, 0.05) is 24.8 Å². The van der Waals surface area contributed by atoms with Gasteiger partial charge in [-0.25, -0.2) is 0 Å². The topological polar surface area (TPSA) is 68.6 Å². The second-order valence-corrected chi connectivity index (χ2v) is 3.33. The zero-order valence-electron chi connectivity index (χ0n) is 9.47. The number of carbonyl (C=O) groups is 1. The first-order chi connectivity index (χ1) is 8.84. The quantitative estimate of drug-likeness (QED) is 0.756. The van der Waals surface area contributed by atoms with Gasteiger partial charge in [-0.2, -0.15) is 0 Å². The van der Waals surface area contributed by atoms with Crippen molar-refractivity contribution in [1.29, 1.82) is 0 Å². The minimum absolute atomic E-state index is 0.147. The number of allylic oxidation sites excluding steroid dienone is 2. The second-order valence-electron chi connectivity index (χ2n) is 3.33. The van der Waals surface area contributed by atoms with Gasteiger partial charge in [-0.1, -0.05) is 0 Å². The van der Waals surface area contributed by atoms with E-state index >= 15 is 0 Å². The first-order valence-corrected chi connectivity index (χ1v) is 5.27. The molecule has 2 aromatic rings. The van der Waals surface area contributed by atoms with E-state index in [0.29, 0.717) is 11.4 Å². The maximum Gasteiger partial charge on any atom is 0.178 e. The molecule has 2 rings (SSSR count). The Hall–Kier alpha value is -2.69. The summed E-state index contributed by atoms with van der Waals surface area (Å²) in [6.07, 6.45) is 15.5. The van der Waals surface area contributed by atoms with Gasteiger partial charge in [0.2, 0.25) is 0 Å². The highest BCUT2D eigenvalue weighted by atomic mass is 16.1. The molecule has 5 heteroatoms.